The summed E-state index contributed by atoms with van der Waals surface area (Å²) in [7, 11) is -1.98. The monoisotopic (exact) mass is 389 g/mol. The molecule has 6 nitrogen and oxygen atoms in total. The number of carbonyl (C=O) groups is 2. The zero-order chi connectivity index (χ0) is 18.4. The van der Waals surface area contributed by atoms with E-state index >= 15 is 0 Å². The van der Waals surface area contributed by atoms with Gasteiger partial charge in [-0.2, -0.15) is 0 Å². The van der Waals surface area contributed by atoms with Crippen LogP contribution in [0.5, 0.6) is 0 Å². The molecule has 0 saturated heterocycles. The molecule has 0 bridgehead atoms. The number of hydrogen-bond donors (Lipinski definition) is 0. The van der Waals surface area contributed by atoms with E-state index in [1.807, 2.05) is 0 Å². The van der Waals surface area contributed by atoms with E-state index in [1.54, 1.807) is 6.92 Å². The zero-order valence-electron chi connectivity index (χ0n) is 14.6. The third-order valence-corrected chi connectivity index (χ3v) is 9.71. The van der Waals surface area contributed by atoms with Gasteiger partial charge in [0, 0.05) is 0 Å². The molecule has 1 atom stereocenters. The summed E-state index contributed by atoms with van der Waals surface area (Å²) in [6, 6.07) is -0.437. The molecule has 132 valence electrons. The summed E-state index contributed by atoms with van der Waals surface area (Å²) in [5, 5.41) is -0.147. The van der Waals surface area contributed by atoms with Crippen molar-refractivity contribution in [3.8, 4) is 0 Å². The van der Waals surface area contributed by atoms with Crippen LogP contribution in [0.1, 0.15) is 48.7 Å². The minimum atomic E-state index is -1.98. The van der Waals surface area contributed by atoms with E-state index < -0.39 is 26.2 Å². The predicted octanol–water partition coefficient (Wildman–Crippen LogP) is 3.79. The Balaban J connectivity index is 2.19. The minimum absolute atomic E-state index is 0.0405. The van der Waals surface area contributed by atoms with Crippen LogP contribution >= 0.6 is 23.2 Å². The molecule has 0 N–H and O–H groups in total. The standard InChI is InChI=1S/C15H21Cl2N3O3Si/c1-8(7-23-24(5,6)15(2,3)4)20-13(21)9-10(14(20)22)19-12(17)11(16)18-9/h8H,7H2,1-6H3/t8-/m1/s1. The molecule has 1 aromatic rings. The van der Waals surface area contributed by atoms with E-state index in [4.69, 9.17) is 27.6 Å². The molecule has 1 aromatic heterocycles. The van der Waals surface area contributed by atoms with Crippen LogP contribution in [0, 0.1) is 0 Å². The van der Waals surface area contributed by atoms with Crippen molar-refractivity contribution in [2.75, 3.05) is 6.61 Å². The maximum absolute atomic E-state index is 12.5. The summed E-state index contributed by atoms with van der Waals surface area (Å²) in [4.78, 5) is 33.9. The van der Waals surface area contributed by atoms with Gasteiger partial charge < -0.3 is 4.43 Å². The van der Waals surface area contributed by atoms with Crippen LogP contribution in [0.2, 0.25) is 28.4 Å². The highest BCUT2D eigenvalue weighted by Gasteiger charge is 2.43. The SMILES string of the molecule is C[C@H](CO[Si](C)(C)C(C)(C)C)N1C(=O)c2nc(Cl)c(Cl)nc2C1=O. The molecular formula is C15H21Cl2N3O3Si. The summed E-state index contributed by atoms with van der Waals surface area (Å²) in [5.41, 5.74) is -0.123. The van der Waals surface area contributed by atoms with E-state index in [0.717, 1.165) is 4.90 Å². The first kappa shape index (κ1) is 19.3. The van der Waals surface area contributed by atoms with Crippen molar-refractivity contribution in [3.05, 3.63) is 21.7 Å². The van der Waals surface area contributed by atoms with Crippen molar-refractivity contribution in [2.24, 2.45) is 0 Å². The Bertz CT molecular complexity index is 663. The third-order valence-electron chi connectivity index (χ3n) is 4.59. The molecular weight excluding hydrogens is 369 g/mol. The number of aromatic nitrogens is 2. The van der Waals surface area contributed by atoms with Crippen LogP contribution in [-0.2, 0) is 4.43 Å². The average molecular weight is 390 g/mol. The molecule has 24 heavy (non-hydrogen) atoms. The molecule has 9 heteroatoms. The van der Waals surface area contributed by atoms with E-state index in [0.29, 0.717) is 0 Å². The Morgan fingerprint density at radius 2 is 1.50 bits per heavy atom. The molecule has 2 amide bonds. The lowest BCUT2D eigenvalue weighted by atomic mass is 10.2. The maximum atomic E-state index is 12.5. The van der Waals surface area contributed by atoms with Gasteiger partial charge in [0.05, 0.1) is 12.6 Å². The first-order chi connectivity index (χ1) is 10.9. The van der Waals surface area contributed by atoms with Gasteiger partial charge in [-0.3, -0.25) is 14.5 Å². The van der Waals surface area contributed by atoms with Crippen molar-refractivity contribution < 1.29 is 14.0 Å². The summed E-state index contributed by atoms with van der Waals surface area (Å²) < 4.78 is 6.11. The van der Waals surface area contributed by atoms with Crippen LogP contribution in [0.15, 0.2) is 0 Å². The van der Waals surface area contributed by atoms with E-state index in [9.17, 15) is 9.59 Å². The number of nitrogens with zero attached hydrogens (tertiary/aromatic N) is 3. The molecule has 0 fully saturated rings. The van der Waals surface area contributed by atoms with Crippen molar-refractivity contribution in [2.45, 2.75) is 51.9 Å². The second-order valence-electron chi connectivity index (χ2n) is 7.40. The molecule has 0 radical (unpaired) electrons. The van der Waals surface area contributed by atoms with Gasteiger partial charge in [-0.1, -0.05) is 44.0 Å². The van der Waals surface area contributed by atoms with Gasteiger partial charge in [0.25, 0.3) is 11.8 Å². The van der Waals surface area contributed by atoms with Crippen molar-refractivity contribution in [3.63, 3.8) is 0 Å². The zero-order valence-corrected chi connectivity index (χ0v) is 17.1. The fourth-order valence-corrected chi connectivity index (χ4v) is 3.38. The summed E-state index contributed by atoms with van der Waals surface area (Å²) in [6.45, 7) is 12.6. The Hall–Kier alpha value is -1.02. The third kappa shape index (κ3) is 3.35. The number of imide groups is 1. The predicted molar refractivity (Wildman–Crippen MR) is 95.2 cm³/mol. The number of halogens is 2. The first-order valence-electron chi connectivity index (χ1n) is 7.61. The van der Waals surface area contributed by atoms with Gasteiger partial charge in [0.1, 0.15) is 0 Å². The lowest BCUT2D eigenvalue weighted by Gasteiger charge is -2.37. The molecule has 1 aliphatic rings. The first-order valence-corrected chi connectivity index (χ1v) is 11.3. The van der Waals surface area contributed by atoms with Gasteiger partial charge in [-0.15, -0.1) is 0 Å². The summed E-state index contributed by atoms with van der Waals surface area (Å²) in [5.74, 6) is -1.04. The van der Waals surface area contributed by atoms with Crippen molar-refractivity contribution >= 4 is 43.3 Å². The Labute approximate surface area is 152 Å². The topological polar surface area (TPSA) is 72.4 Å². The minimum Gasteiger partial charge on any atom is -0.415 e. The van der Waals surface area contributed by atoms with Gasteiger partial charge in [-0.25, -0.2) is 9.97 Å². The highest BCUT2D eigenvalue weighted by Crippen LogP contribution is 2.37. The lowest BCUT2D eigenvalue weighted by molar-refractivity contribution is 0.0540. The van der Waals surface area contributed by atoms with Crippen LogP contribution in [0.3, 0.4) is 0 Å². The normalized spacial score (nSPS) is 16.6. The Kier molecular flexibility index (Phi) is 5.12. The van der Waals surface area contributed by atoms with E-state index in [1.165, 1.54) is 0 Å². The number of fused-ring (bicyclic) bond motifs is 1. The van der Waals surface area contributed by atoms with Crippen LogP contribution < -0.4 is 0 Å². The average Bonchev–Trinajstić information content (AvgIpc) is 2.68. The molecule has 1 aliphatic heterocycles. The molecule has 0 unspecified atom stereocenters. The second-order valence-corrected chi connectivity index (χ2v) is 12.9. The molecule has 0 aliphatic carbocycles. The number of amides is 2. The molecule has 0 saturated carbocycles. The second kappa shape index (κ2) is 6.37. The summed E-state index contributed by atoms with van der Waals surface area (Å²) >= 11 is 11.6. The highest BCUT2D eigenvalue weighted by atomic mass is 35.5. The number of rotatable bonds is 4. The maximum Gasteiger partial charge on any atom is 0.282 e. The van der Waals surface area contributed by atoms with E-state index in [-0.39, 0.29) is 33.3 Å². The Morgan fingerprint density at radius 1 is 1.08 bits per heavy atom. The van der Waals surface area contributed by atoms with Gasteiger partial charge in [-0.05, 0) is 25.1 Å². The lowest BCUT2D eigenvalue weighted by Crippen LogP contribution is -2.47. The molecule has 0 spiro atoms. The molecule has 2 rings (SSSR count). The molecule has 0 aromatic carbocycles. The van der Waals surface area contributed by atoms with Crippen molar-refractivity contribution in [1.82, 2.24) is 14.9 Å². The Morgan fingerprint density at radius 3 is 1.88 bits per heavy atom. The fourth-order valence-electron chi connectivity index (χ4n) is 2.03. The van der Waals surface area contributed by atoms with Crippen molar-refractivity contribution in [1.29, 1.82) is 0 Å². The smallest absolute Gasteiger partial charge is 0.282 e. The summed E-state index contributed by atoms with van der Waals surface area (Å²) in [6.07, 6.45) is 0. The number of hydrogen-bond acceptors (Lipinski definition) is 5. The highest BCUT2D eigenvalue weighted by molar-refractivity contribution is 6.74. The van der Waals surface area contributed by atoms with Crippen LogP contribution in [0.4, 0.5) is 0 Å². The quantitative estimate of drug-likeness (QED) is 0.578. The van der Waals surface area contributed by atoms with Gasteiger partial charge in [0.2, 0.25) is 0 Å². The van der Waals surface area contributed by atoms with Crippen LogP contribution in [0.25, 0.3) is 0 Å². The van der Waals surface area contributed by atoms with Crippen LogP contribution in [-0.4, -0.2) is 47.6 Å². The fraction of sp³-hybridized carbons (Fsp3) is 0.600. The molecule has 2 heterocycles. The number of carbonyl (C=O) groups excluding carboxylic acids is 2. The van der Waals surface area contributed by atoms with Gasteiger partial charge >= 0.3 is 0 Å². The van der Waals surface area contributed by atoms with Gasteiger partial charge in [0.15, 0.2) is 30.0 Å². The largest absolute Gasteiger partial charge is 0.415 e. The van der Waals surface area contributed by atoms with E-state index in [2.05, 4.69) is 43.8 Å².